The molecule has 1 amide bonds. The van der Waals surface area contributed by atoms with Crippen LogP contribution in [0.3, 0.4) is 0 Å². The van der Waals surface area contributed by atoms with Gasteiger partial charge in [0.05, 0.1) is 19.8 Å². The molecule has 0 bridgehead atoms. The summed E-state index contributed by atoms with van der Waals surface area (Å²) in [7, 11) is 0. The third-order valence-electron chi connectivity index (χ3n) is 4.74. The van der Waals surface area contributed by atoms with Gasteiger partial charge in [0.15, 0.2) is 11.5 Å². The van der Waals surface area contributed by atoms with Crippen molar-refractivity contribution in [3.05, 3.63) is 42.6 Å². The molecule has 1 saturated heterocycles. The molecule has 2 aromatic rings. The summed E-state index contributed by atoms with van der Waals surface area (Å²) < 4.78 is 11.3. The van der Waals surface area contributed by atoms with E-state index in [1.807, 2.05) is 42.6 Å². The smallest absolute Gasteiger partial charge is 0.238 e. The first kappa shape index (κ1) is 17.6. The fourth-order valence-corrected chi connectivity index (χ4v) is 3.32. The molecule has 4 rings (SSSR count). The molecule has 0 saturated carbocycles. The van der Waals surface area contributed by atoms with E-state index in [4.69, 9.17) is 9.47 Å². The molecule has 0 spiro atoms. The van der Waals surface area contributed by atoms with Crippen molar-refractivity contribution in [1.82, 2.24) is 9.88 Å². The van der Waals surface area contributed by atoms with Gasteiger partial charge in [-0.05, 0) is 24.3 Å². The van der Waals surface area contributed by atoms with Crippen molar-refractivity contribution in [1.29, 1.82) is 0 Å². The van der Waals surface area contributed by atoms with E-state index in [1.165, 1.54) is 0 Å². The second-order valence-corrected chi connectivity index (χ2v) is 6.71. The van der Waals surface area contributed by atoms with Gasteiger partial charge in [0.1, 0.15) is 5.82 Å². The summed E-state index contributed by atoms with van der Waals surface area (Å²) in [6.45, 7) is 5.08. The van der Waals surface area contributed by atoms with Crippen LogP contribution in [0.15, 0.2) is 42.6 Å². The summed E-state index contributed by atoms with van der Waals surface area (Å²) >= 11 is 0. The Labute approximate surface area is 158 Å². The van der Waals surface area contributed by atoms with Crippen LogP contribution in [0.1, 0.15) is 6.42 Å². The highest BCUT2D eigenvalue weighted by molar-refractivity contribution is 5.92. The third kappa shape index (κ3) is 4.49. The Morgan fingerprint density at radius 2 is 1.85 bits per heavy atom. The number of aromatic nitrogens is 1. The standard InChI is InChI=1S/C20H24N4O3/c25-20(22-16-5-6-17-18(14-16)27-13-3-12-26-17)15-23-8-10-24(11-9-23)19-4-1-2-7-21-19/h1-2,4-7,14H,3,8-13,15H2,(H,22,25). The van der Waals surface area contributed by atoms with E-state index in [2.05, 4.69) is 20.1 Å². The maximum absolute atomic E-state index is 12.4. The molecular formula is C20H24N4O3. The van der Waals surface area contributed by atoms with E-state index in [-0.39, 0.29) is 5.91 Å². The highest BCUT2D eigenvalue weighted by atomic mass is 16.5. The van der Waals surface area contributed by atoms with E-state index < -0.39 is 0 Å². The molecule has 1 aromatic heterocycles. The number of rotatable bonds is 4. The molecule has 1 N–H and O–H groups in total. The number of benzene rings is 1. The van der Waals surface area contributed by atoms with Gasteiger partial charge in [-0.2, -0.15) is 0 Å². The van der Waals surface area contributed by atoms with E-state index in [1.54, 1.807) is 0 Å². The number of nitrogens with one attached hydrogen (secondary N) is 1. The van der Waals surface area contributed by atoms with Crippen LogP contribution in [-0.2, 0) is 4.79 Å². The summed E-state index contributed by atoms with van der Waals surface area (Å²) in [6.07, 6.45) is 2.67. The SMILES string of the molecule is O=C(CN1CCN(c2ccccn2)CC1)Nc1ccc2c(c1)OCCCO2. The van der Waals surface area contributed by atoms with Crippen LogP contribution >= 0.6 is 0 Å². The number of fused-ring (bicyclic) bond motifs is 1. The first-order valence-electron chi connectivity index (χ1n) is 9.36. The Morgan fingerprint density at radius 3 is 2.63 bits per heavy atom. The average molecular weight is 368 g/mol. The van der Waals surface area contributed by atoms with Crippen LogP contribution in [0.4, 0.5) is 11.5 Å². The number of pyridine rings is 1. The predicted octanol–water partition coefficient (Wildman–Crippen LogP) is 2.00. The summed E-state index contributed by atoms with van der Waals surface area (Å²) in [5, 5.41) is 2.96. The van der Waals surface area contributed by atoms with Gasteiger partial charge < -0.3 is 19.7 Å². The monoisotopic (exact) mass is 368 g/mol. The minimum absolute atomic E-state index is 0.0178. The highest BCUT2D eigenvalue weighted by Crippen LogP contribution is 2.32. The van der Waals surface area contributed by atoms with Crippen molar-refractivity contribution < 1.29 is 14.3 Å². The molecule has 7 nitrogen and oxygen atoms in total. The van der Waals surface area contributed by atoms with Crippen LogP contribution in [0.2, 0.25) is 0 Å². The van der Waals surface area contributed by atoms with Gasteiger partial charge in [-0.1, -0.05) is 6.07 Å². The quantitative estimate of drug-likeness (QED) is 0.890. The van der Waals surface area contributed by atoms with Gasteiger partial charge in [0.25, 0.3) is 0 Å². The maximum Gasteiger partial charge on any atom is 0.238 e. The third-order valence-corrected chi connectivity index (χ3v) is 4.74. The highest BCUT2D eigenvalue weighted by Gasteiger charge is 2.20. The Hall–Kier alpha value is -2.80. The molecule has 3 heterocycles. The molecule has 2 aliphatic heterocycles. The van der Waals surface area contributed by atoms with Gasteiger partial charge >= 0.3 is 0 Å². The number of ether oxygens (including phenoxy) is 2. The van der Waals surface area contributed by atoms with Crippen LogP contribution in [0.5, 0.6) is 11.5 Å². The normalized spacial score (nSPS) is 17.3. The number of amides is 1. The van der Waals surface area contributed by atoms with Crippen molar-refractivity contribution in [2.24, 2.45) is 0 Å². The number of carbonyl (C=O) groups is 1. The lowest BCUT2D eigenvalue weighted by molar-refractivity contribution is -0.117. The van der Waals surface area contributed by atoms with Gasteiger partial charge in [0.2, 0.25) is 5.91 Å². The van der Waals surface area contributed by atoms with Crippen molar-refractivity contribution in [3.63, 3.8) is 0 Å². The Bertz CT molecular complexity index is 776. The second kappa shape index (κ2) is 8.26. The molecule has 0 unspecified atom stereocenters. The number of nitrogens with zero attached hydrogens (tertiary/aromatic N) is 3. The average Bonchev–Trinajstić information content (AvgIpc) is 2.94. The van der Waals surface area contributed by atoms with Crippen LogP contribution in [0, 0.1) is 0 Å². The number of piperazine rings is 1. The summed E-state index contributed by atoms with van der Waals surface area (Å²) in [6, 6.07) is 11.5. The molecule has 27 heavy (non-hydrogen) atoms. The zero-order valence-corrected chi connectivity index (χ0v) is 15.3. The van der Waals surface area contributed by atoms with Crippen molar-refractivity contribution in [2.45, 2.75) is 6.42 Å². The fourth-order valence-electron chi connectivity index (χ4n) is 3.32. The van der Waals surface area contributed by atoms with Crippen LogP contribution < -0.4 is 19.7 Å². The first-order chi connectivity index (χ1) is 13.3. The number of carbonyl (C=O) groups excluding carboxylic acids is 1. The van der Waals surface area contributed by atoms with Gasteiger partial charge in [-0.25, -0.2) is 4.98 Å². The van der Waals surface area contributed by atoms with Gasteiger partial charge in [0, 0.05) is 50.6 Å². The zero-order valence-electron chi connectivity index (χ0n) is 15.3. The Morgan fingerprint density at radius 1 is 1.04 bits per heavy atom. The number of anilines is 2. The molecule has 0 aliphatic carbocycles. The molecular weight excluding hydrogens is 344 g/mol. The number of hydrogen-bond acceptors (Lipinski definition) is 6. The molecule has 142 valence electrons. The minimum atomic E-state index is -0.0178. The molecule has 1 fully saturated rings. The lowest BCUT2D eigenvalue weighted by Crippen LogP contribution is -2.48. The molecule has 0 atom stereocenters. The topological polar surface area (TPSA) is 66.9 Å². The van der Waals surface area contributed by atoms with Crippen molar-refractivity contribution in [3.8, 4) is 11.5 Å². The lowest BCUT2D eigenvalue weighted by Gasteiger charge is -2.34. The van der Waals surface area contributed by atoms with E-state index >= 15 is 0 Å². The zero-order chi connectivity index (χ0) is 18.5. The van der Waals surface area contributed by atoms with Crippen LogP contribution in [0.25, 0.3) is 0 Å². The Balaban J connectivity index is 1.28. The van der Waals surface area contributed by atoms with Crippen molar-refractivity contribution >= 4 is 17.4 Å². The molecule has 1 aromatic carbocycles. The summed E-state index contributed by atoms with van der Waals surface area (Å²) in [5.41, 5.74) is 0.733. The fraction of sp³-hybridized carbons (Fsp3) is 0.400. The minimum Gasteiger partial charge on any atom is -0.490 e. The van der Waals surface area contributed by atoms with Gasteiger partial charge in [-0.15, -0.1) is 0 Å². The van der Waals surface area contributed by atoms with Gasteiger partial charge in [-0.3, -0.25) is 9.69 Å². The summed E-state index contributed by atoms with van der Waals surface area (Å²) in [5.74, 6) is 2.40. The lowest BCUT2D eigenvalue weighted by atomic mass is 10.2. The number of hydrogen-bond donors (Lipinski definition) is 1. The molecule has 7 heteroatoms. The van der Waals surface area contributed by atoms with Crippen molar-refractivity contribution in [2.75, 3.05) is 56.2 Å². The van der Waals surface area contributed by atoms with Crippen LogP contribution in [-0.4, -0.2) is 61.7 Å². The van der Waals surface area contributed by atoms with E-state index in [0.717, 1.165) is 49.9 Å². The predicted molar refractivity (Wildman–Crippen MR) is 104 cm³/mol. The van der Waals surface area contributed by atoms with E-state index in [0.29, 0.717) is 25.5 Å². The second-order valence-electron chi connectivity index (χ2n) is 6.71. The maximum atomic E-state index is 12.4. The Kier molecular flexibility index (Phi) is 5.39. The molecule has 2 aliphatic rings. The largest absolute Gasteiger partial charge is 0.490 e. The summed E-state index contributed by atoms with van der Waals surface area (Å²) in [4.78, 5) is 21.2. The first-order valence-corrected chi connectivity index (χ1v) is 9.36. The molecule has 0 radical (unpaired) electrons. The van der Waals surface area contributed by atoms with E-state index in [9.17, 15) is 4.79 Å².